The molecule has 0 aromatic carbocycles. The third-order valence-electron chi connectivity index (χ3n) is 5.44. The molecule has 3 N–H and O–H groups in total. The van der Waals surface area contributed by atoms with Crippen LogP contribution in [0.4, 0.5) is 5.69 Å². The van der Waals surface area contributed by atoms with Crippen LogP contribution in [0, 0.1) is 0 Å². The maximum absolute atomic E-state index is 9.97. The van der Waals surface area contributed by atoms with Crippen molar-refractivity contribution >= 4 is 5.69 Å². The van der Waals surface area contributed by atoms with Gasteiger partial charge in [0.05, 0.1) is 35.5 Å². The second kappa shape index (κ2) is 8.53. The van der Waals surface area contributed by atoms with Crippen LogP contribution < -0.4 is 5.32 Å². The normalized spacial score (nSPS) is 19.7. The van der Waals surface area contributed by atoms with Gasteiger partial charge in [-0.25, -0.2) is 14.3 Å². The largest absolute Gasteiger partial charge is 0.393 e. The van der Waals surface area contributed by atoms with E-state index in [0.29, 0.717) is 18.7 Å². The molecule has 0 spiro atoms. The molecule has 0 amide bonds. The van der Waals surface area contributed by atoms with Gasteiger partial charge in [0.25, 0.3) is 0 Å². The molecule has 1 aliphatic rings. The molecule has 1 saturated carbocycles. The topological polar surface area (TPSA) is 114 Å². The Balaban J connectivity index is 1.60. The summed E-state index contributed by atoms with van der Waals surface area (Å²) in [6.07, 6.45) is 11.7. The maximum Gasteiger partial charge on any atom is 0.155 e. The van der Waals surface area contributed by atoms with Crippen molar-refractivity contribution in [2.24, 2.45) is 0 Å². The number of aliphatic hydroxyl groups excluding tert-OH is 1. The van der Waals surface area contributed by atoms with Crippen molar-refractivity contribution in [3.05, 3.63) is 42.6 Å². The van der Waals surface area contributed by atoms with E-state index in [1.807, 2.05) is 24.5 Å². The van der Waals surface area contributed by atoms with E-state index in [9.17, 15) is 10.2 Å². The van der Waals surface area contributed by atoms with E-state index in [0.717, 1.165) is 42.8 Å². The molecule has 1 aliphatic carbocycles. The molecule has 0 bridgehead atoms. The summed E-state index contributed by atoms with van der Waals surface area (Å²) in [5, 5.41) is 36.2. The first kappa shape index (κ1) is 20.5. The summed E-state index contributed by atoms with van der Waals surface area (Å²) >= 11 is 0. The fourth-order valence-corrected chi connectivity index (χ4v) is 3.67. The Morgan fingerprint density at radius 1 is 1.20 bits per heavy atom. The molecule has 3 aromatic heterocycles. The van der Waals surface area contributed by atoms with Crippen LogP contribution in [0.3, 0.4) is 0 Å². The van der Waals surface area contributed by atoms with E-state index in [1.54, 1.807) is 35.6 Å². The zero-order valence-corrected chi connectivity index (χ0v) is 17.4. The molecule has 9 nitrogen and oxygen atoms in total. The van der Waals surface area contributed by atoms with Gasteiger partial charge >= 0.3 is 0 Å². The van der Waals surface area contributed by atoms with Gasteiger partial charge in [0.1, 0.15) is 5.69 Å². The van der Waals surface area contributed by atoms with Gasteiger partial charge < -0.3 is 15.5 Å². The number of pyridine rings is 1. The summed E-state index contributed by atoms with van der Waals surface area (Å²) in [6.45, 7) is 3.58. The summed E-state index contributed by atoms with van der Waals surface area (Å²) in [5.41, 5.74) is 1.78. The number of hydrogen-bond acceptors (Lipinski definition) is 7. The van der Waals surface area contributed by atoms with E-state index < -0.39 is 5.60 Å². The third kappa shape index (κ3) is 5.03. The minimum absolute atomic E-state index is 0.201. The van der Waals surface area contributed by atoms with E-state index in [-0.39, 0.29) is 12.1 Å². The monoisotopic (exact) mass is 411 g/mol. The molecule has 9 heteroatoms. The Morgan fingerprint density at radius 2 is 2.00 bits per heavy atom. The highest BCUT2D eigenvalue weighted by molar-refractivity contribution is 5.62. The number of anilines is 1. The van der Waals surface area contributed by atoms with E-state index in [1.165, 1.54) is 0 Å². The quantitative estimate of drug-likeness (QED) is 0.546. The van der Waals surface area contributed by atoms with Crippen molar-refractivity contribution in [1.82, 2.24) is 29.8 Å². The maximum atomic E-state index is 9.97. The first-order chi connectivity index (χ1) is 14.4. The van der Waals surface area contributed by atoms with Crippen molar-refractivity contribution < 1.29 is 10.2 Å². The third-order valence-corrected chi connectivity index (χ3v) is 5.44. The predicted molar refractivity (Wildman–Crippen MR) is 113 cm³/mol. The van der Waals surface area contributed by atoms with Gasteiger partial charge in [-0.15, -0.1) is 5.10 Å². The summed E-state index contributed by atoms with van der Waals surface area (Å²) < 4.78 is 3.44. The number of aliphatic hydroxyl groups is 2. The summed E-state index contributed by atoms with van der Waals surface area (Å²) in [6, 6.07) is 4.10. The van der Waals surface area contributed by atoms with Gasteiger partial charge in [-0.3, -0.25) is 0 Å². The molecule has 0 aliphatic heterocycles. The molecule has 160 valence electrons. The smallest absolute Gasteiger partial charge is 0.155 e. The van der Waals surface area contributed by atoms with Gasteiger partial charge in [-0.1, -0.05) is 5.21 Å². The average molecular weight is 412 g/mol. The summed E-state index contributed by atoms with van der Waals surface area (Å²) in [7, 11) is 0. The number of hydrogen-bond donors (Lipinski definition) is 3. The van der Waals surface area contributed by atoms with Crippen molar-refractivity contribution in [1.29, 1.82) is 0 Å². The Kier molecular flexibility index (Phi) is 5.83. The summed E-state index contributed by atoms with van der Waals surface area (Å²) in [5.74, 6) is 0.712. The molecule has 0 atom stereocenters. The van der Waals surface area contributed by atoms with Crippen LogP contribution in [0.5, 0.6) is 0 Å². The number of nitrogens with one attached hydrogen (secondary N) is 1. The van der Waals surface area contributed by atoms with Gasteiger partial charge in [0.15, 0.2) is 5.82 Å². The van der Waals surface area contributed by atoms with Crippen LogP contribution >= 0.6 is 0 Å². The highest BCUT2D eigenvalue weighted by Gasteiger charge is 2.21. The van der Waals surface area contributed by atoms with Crippen LogP contribution in [0.25, 0.3) is 11.5 Å². The molecule has 0 radical (unpaired) electrons. The number of nitrogens with zero attached hydrogens (tertiary/aromatic N) is 6. The van der Waals surface area contributed by atoms with Crippen molar-refractivity contribution in [2.45, 2.75) is 70.1 Å². The lowest BCUT2D eigenvalue weighted by molar-refractivity contribution is 0.0711. The molecule has 0 unspecified atom stereocenters. The fourth-order valence-electron chi connectivity index (χ4n) is 3.67. The lowest BCUT2D eigenvalue weighted by Crippen LogP contribution is -2.28. The standard InChI is InChI=1S/C21H29N7O2/c1-21(2,30)9-8-16-14-28(26-25-16)19-13-22-20(27-11-3-10-23-27)12-18(19)24-15-4-6-17(29)7-5-15/h3,10-15,17,29-30H,4-9H2,1-2H3,(H,22,24)/t15-,17+. The Bertz CT molecular complexity index is 954. The molecule has 3 aromatic rings. The molecule has 4 rings (SSSR count). The lowest BCUT2D eigenvalue weighted by atomic mass is 9.93. The molecular formula is C21H29N7O2. The number of aryl methyl sites for hydroxylation is 1. The first-order valence-electron chi connectivity index (χ1n) is 10.5. The van der Waals surface area contributed by atoms with E-state index >= 15 is 0 Å². The summed E-state index contributed by atoms with van der Waals surface area (Å²) in [4.78, 5) is 4.55. The molecule has 0 saturated heterocycles. The second-order valence-electron chi connectivity index (χ2n) is 8.63. The second-order valence-corrected chi connectivity index (χ2v) is 8.63. The Hall–Kier alpha value is -2.78. The van der Waals surface area contributed by atoms with Gasteiger partial charge in [0.2, 0.25) is 0 Å². The van der Waals surface area contributed by atoms with Crippen LogP contribution in [0.2, 0.25) is 0 Å². The van der Waals surface area contributed by atoms with Crippen molar-refractivity contribution in [2.75, 3.05) is 5.32 Å². The number of rotatable bonds is 7. The fraction of sp³-hybridized carbons (Fsp3) is 0.524. The van der Waals surface area contributed by atoms with Crippen LogP contribution in [-0.4, -0.2) is 57.7 Å². The van der Waals surface area contributed by atoms with E-state index in [2.05, 4.69) is 25.7 Å². The highest BCUT2D eigenvalue weighted by atomic mass is 16.3. The van der Waals surface area contributed by atoms with Crippen molar-refractivity contribution in [3.8, 4) is 11.5 Å². The molecule has 1 fully saturated rings. The molecule has 3 heterocycles. The van der Waals surface area contributed by atoms with Gasteiger partial charge in [-0.05, 0) is 58.4 Å². The number of aromatic nitrogens is 6. The minimum atomic E-state index is -0.741. The Labute approximate surface area is 175 Å². The average Bonchev–Trinajstić information content (AvgIpc) is 3.40. The van der Waals surface area contributed by atoms with Crippen LogP contribution in [0.1, 0.15) is 51.6 Å². The zero-order chi connectivity index (χ0) is 21.1. The minimum Gasteiger partial charge on any atom is -0.393 e. The van der Waals surface area contributed by atoms with Crippen LogP contribution in [-0.2, 0) is 6.42 Å². The first-order valence-corrected chi connectivity index (χ1v) is 10.5. The van der Waals surface area contributed by atoms with Gasteiger partial charge in [0, 0.05) is 24.5 Å². The predicted octanol–water partition coefficient (Wildman–Crippen LogP) is 2.27. The highest BCUT2D eigenvalue weighted by Crippen LogP contribution is 2.27. The van der Waals surface area contributed by atoms with E-state index in [4.69, 9.17) is 0 Å². The Morgan fingerprint density at radius 3 is 2.70 bits per heavy atom. The zero-order valence-electron chi connectivity index (χ0n) is 17.4. The molecular weight excluding hydrogens is 382 g/mol. The SMILES string of the molecule is CC(C)(O)CCc1cn(-c2cnc(-n3cccn3)cc2N[C@H]2CC[C@@H](O)CC2)nn1. The lowest BCUT2D eigenvalue weighted by Gasteiger charge is -2.27. The molecule has 30 heavy (non-hydrogen) atoms. The van der Waals surface area contributed by atoms with Crippen molar-refractivity contribution in [3.63, 3.8) is 0 Å². The van der Waals surface area contributed by atoms with Gasteiger partial charge in [-0.2, -0.15) is 5.10 Å². The van der Waals surface area contributed by atoms with Crippen LogP contribution in [0.15, 0.2) is 36.9 Å².